The summed E-state index contributed by atoms with van der Waals surface area (Å²) in [6.45, 7) is 1.34. The van der Waals surface area contributed by atoms with Crippen LogP contribution >= 0.6 is 15.9 Å². The third kappa shape index (κ3) is 3.24. The second-order valence-electron chi connectivity index (χ2n) is 4.12. The van der Waals surface area contributed by atoms with E-state index in [0.717, 1.165) is 11.1 Å². The zero-order chi connectivity index (χ0) is 14.7. The second kappa shape index (κ2) is 5.88. The number of halogens is 1. The Balaban J connectivity index is 2.31. The molecule has 0 aliphatic heterocycles. The number of ether oxygens (including phenoxy) is 1. The lowest BCUT2D eigenvalue weighted by atomic mass is 10.0. The molecule has 0 aliphatic carbocycles. The van der Waals surface area contributed by atoms with Gasteiger partial charge in [-0.15, -0.1) is 0 Å². The Morgan fingerprint density at radius 3 is 2.15 bits per heavy atom. The lowest BCUT2D eigenvalue weighted by Crippen LogP contribution is -2.01. The molecule has 0 radical (unpaired) electrons. The molecule has 0 aliphatic rings. The first kappa shape index (κ1) is 14.3. The van der Waals surface area contributed by atoms with Crippen molar-refractivity contribution >= 4 is 27.9 Å². The van der Waals surface area contributed by atoms with E-state index >= 15 is 0 Å². The van der Waals surface area contributed by atoms with Crippen LogP contribution < -0.4 is 4.74 Å². The summed E-state index contributed by atoms with van der Waals surface area (Å²) in [6.07, 6.45) is 0. The first-order valence-corrected chi connectivity index (χ1v) is 6.58. The molecule has 2 aromatic carbocycles. The smallest absolute Gasteiger partial charge is 0.335 e. The minimum Gasteiger partial charge on any atom is -0.478 e. The molecule has 0 atom stereocenters. The highest BCUT2D eigenvalue weighted by molar-refractivity contribution is 9.10. The zero-order valence-corrected chi connectivity index (χ0v) is 12.2. The van der Waals surface area contributed by atoms with Crippen molar-refractivity contribution in [2.75, 3.05) is 0 Å². The minimum absolute atomic E-state index is 0.240. The monoisotopic (exact) mass is 334 g/mol. The third-order valence-electron chi connectivity index (χ3n) is 2.65. The summed E-state index contributed by atoms with van der Waals surface area (Å²) >= 11 is 3.34. The average molecular weight is 335 g/mol. The van der Waals surface area contributed by atoms with Crippen molar-refractivity contribution in [1.82, 2.24) is 0 Å². The summed E-state index contributed by atoms with van der Waals surface area (Å²) in [7, 11) is 0. The van der Waals surface area contributed by atoms with Gasteiger partial charge in [0.05, 0.1) is 10.0 Å². The molecule has 0 fully saturated rings. The Morgan fingerprint density at radius 2 is 1.65 bits per heavy atom. The summed E-state index contributed by atoms with van der Waals surface area (Å²) < 4.78 is 5.68. The molecule has 1 N–H and O–H groups in total. The number of carbonyl (C=O) groups is 2. The van der Waals surface area contributed by atoms with Gasteiger partial charge in [0.2, 0.25) is 0 Å². The molecule has 0 saturated carbocycles. The number of rotatable bonds is 3. The van der Waals surface area contributed by atoms with Crippen molar-refractivity contribution in [1.29, 1.82) is 0 Å². The molecule has 0 unspecified atom stereocenters. The lowest BCUT2D eigenvalue weighted by Gasteiger charge is -2.07. The number of hydrogen-bond acceptors (Lipinski definition) is 3. The molecule has 0 bridgehead atoms. The van der Waals surface area contributed by atoms with Gasteiger partial charge in [-0.1, -0.05) is 18.2 Å². The van der Waals surface area contributed by atoms with Crippen LogP contribution in [0.15, 0.2) is 46.9 Å². The predicted molar refractivity (Wildman–Crippen MR) is 77.8 cm³/mol. The van der Waals surface area contributed by atoms with Crippen molar-refractivity contribution < 1.29 is 19.4 Å². The van der Waals surface area contributed by atoms with Gasteiger partial charge in [0.25, 0.3) is 0 Å². The summed E-state index contributed by atoms with van der Waals surface area (Å²) in [5.41, 5.74) is 2.01. The van der Waals surface area contributed by atoms with E-state index < -0.39 is 5.97 Å². The van der Waals surface area contributed by atoms with E-state index in [1.165, 1.54) is 6.92 Å². The highest BCUT2D eigenvalue weighted by Crippen LogP contribution is 2.31. The van der Waals surface area contributed by atoms with E-state index in [4.69, 9.17) is 9.84 Å². The largest absolute Gasteiger partial charge is 0.478 e. The number of carbonyl (C=O) groups excluding carboxylic acids is 1. The van der Waals surface area contributed by atoms with Crippen molar-refractivity contribution in [2.24, 2.45) is 0 Å². The standard InChI is InChI=1S/C15H11BrO4/c1-9(17)20-14-7-6-12(8-13(14)16)10-2-4-11(5-3-10)15(18)19/h2-8H,1H3,(H,18,19). The van der Waals surface area contributed by atoms with E-state index in [0.29, 0.717) is 10.2 Å². The molecule has 102 valence electrons. The maximum atomic E-state index is 10.9. The van der Waals surface area contributed by atoms with Crippen LogP contribution in [0.3, 0.4) is 0 Å². The minimum atomic E-state index is -0.956. The van der Waals surface area contributed by atoms with E-state index in [-0.39, 0.29) is 11.5 Å². The Bertz CT molecular complexity index is 662. The maximum Gasteiger partial charge on any atom is 0.335 e. The molecule has 0 heterocycles. The number of esters is 1. The van der Waals surface area contributed by atoms with Gasteiger partial charge in [0.1, 0.15) is 5.75 Å². The maximum absolute atomic E-state index is 10.9. The van der Waals surface area contributed by atoms with Gasteiger partial charge >= 0.3 is 11.9 Å². The fraction of sp³-hybridized carbons (Fsp3) is 0.0667. The Hall–Kier alpha value is -2.14. The van der Waals surface area contributed by atoms with Crippen molar-refractivity contribution in [3.05, 3.63) is 52.5 Å². The van der Waals surface area contributed by atoms with E-state index in [9.17, 15) is 9.59 Å². The van der Waals surface area contributed by atoms with Gasteiger partial charge in [-0.25, -0.2) is 4.79 Å². The topological polar surface area (TPSA) is 63.6 Å². The molecule has 2 aromatic rings. The van der Waals surface area contributed by atoms with E-state index in [1.807, 2.05) is 6.07 Å². The molecule has 20 heavy (non-hydrogen) atoms. The Kier molecular flexibility index (Phi) is 4.20. The molecular formula is C15H11BrO4. The lowest BCUT2D eigenvalue weighted by molar-refractivity contribution is -0.131. The van der Waals surface area contributed by atoms with Gasteiger partial charge in [0, 0.05) is 6.92 Å². The third-order valence-corrected chi connectivity index (χ3v) is 3.27. The average Bonchev–Trinajstić information content (AvgIpc) is 2.41. The molecule has 2 rings (SSSR count). The Morgan fingerprint density at radius 1 is 1.05 bits per heavy atom. The van der Waals surface area contributed by atoms with E-state index in [1.54, 1.807) is 36.4 Å². The fourth-order valence-corrected chi connectivity index (χ4v) is 2.18. The second-order valence-corrected chi connectivity index (χ2v) is 4.98. The summed E-state index contributed by atoms with van der Waals surface area (Å²) in [5, 5.41) is 8.85. The van der Waals surface area contributed by atoms with Crippen LogP contribution in [0.2, 0.25) is 0 Å². The van der Waals surface area contributed by atoms with Crippen molar-refractivity contribution in [3.63, 3.8) is 0 Å². The van der Waals surface area contributed by atoms with Crippen LogP contribution in [0.5, 0.6) is 5.75 Å². The SMILES string of the molecule is CC(=O)Oc1ccc(-c2ccc(C(=O)O)cc2)cc1Br. The van der Waals surface area contributed by atoms with Crippen molar-refractivity contribution in [2.45, 2.75) is 6.92 Å². The first-order chi connectivity index (χ1) is 9.47. The predicted octanol–water partition coefficient (Wildman–Crippen LogP) is 3.74. The van der Waals surface area contributed by atoms with Gasteiger partial charge in [-0.2, -0.15) is 0 Å². The number of hydrogen-bond donors (Lipinski definition) is 1. The molecule has 0 amide bonds. The van der Waals surface area contributed by atoms with Crippen LogP contribution in [0, 0.1) is 0 Å². The van der Waals surface area contributed by atoms with Crippen LogP contribution in [-0.4, -0.2) is 17.0 Å². The molecule has 0 aromatic heterocycles. The number of aromatic carboxylic acids is 1. The summed E-state index contributed by atoms with van der Waals surface area (Å²) in [6, 6.07) is 11.9. The zero-order valence-electron chi connectivity index (χ0n) is 10.6. The van der Waals surface area contributed by atoms with Crippen LogP contribution in [0.4, 0.5) is 0 Å². The van der Waals surface area contributed by atoms with Gasteiger partial charge in [-0.3, -0.25) is 4.79 Å². The number of benzene rings is 2. The molecule has 0 saturated heterocycles. The fourth-order valence-electron chi connectivity index (χ4n) is 1.72. The first-order valence-electron chi connectivity index (χ1n) is 5.79. The number of carboxylic acid groups (broad SMARTS) is 1. The number of carboxylic acids is 1. The highest BCUT2D eigenvalue weighted by atomic mass is 79.9. The highest BCUT2D eigenvalue weighted by Gasteiger charge is 2.07. The van der Waals surface area contributed by atoms with Gasteiger partial charge < -0.3 is 9.84 Å². The molecule has 0 spiro atoms. The molecule has 5 heteroatoms. The van der Waals surface area contributed by atoms with Crippen LogP contribution in [-0.2, 0) is 4.79 Å². The summed E-state index contributed by atoms with van der Waals surface area (Å²) in [4.78, 5) is 21.7. The molecule has 4 nitrogen and oxygen atoms in total. The van der Waals surface area contributed by atoms with Crippen molar-refractivity contribution in [3.8, 4) is 16.9 Å². The molecular weight excluding hydrogens is 324 g/mol. The normalized spacial score (nSPS) is 10.1. The quantitative estimate of drug-likeness (QED) is 0.686. The van der Waals surface area contributed by atoms with Gasteiger partial charge in [-0.05, 0) is 51.3 Å². The van der Waals surface area contributed by atoms with Crippen LogP contribution in [0.25, 0.3) is 11.1 Å². The van der Waals surface area contributed by atoms with E-state index in [2.05, 4.69) is 15.9 Å². The van der Waals surface area contributed by atoms with Crippen LogP contribution in [0.1, 0.15) is 17.3 Å². The summed E-state index contributed by atoms with van der Waals surface area (Å²) in [5.74, 6) is -0.893. The van der Waals surface area contributed by atoms with Gasteiger partial charge in [0.15, 0.2) is 0 Å². The Labute approximate surface area is 124 Å².